The molecule has 120 valence electrons. The van der Waals surface area contributed by atoms with Crippen LogP contribution in [-0.2, 0) is 11.3 Å². The Bertz CT molecular complexity index is 774. The number of aromatic carboxylic acids is 1. The number of hydrogen-bond donors (Lipinski definition) is 2. The smallest absolute Gasteiger partial charge is 0.345 e. The molecule has 1 aliphatic rings. The summed E-state index contributed by atoms with van der Waals surface area (Å²) in [6.45, 7) is 0.262. The SMILES string of the molecule is O=C(O)c1ccc(CNC(=O)C2CC2c2ccc(F)c(F)c2)s1. The van der Waals surface area contributed by atoms with E-state index in [4.69, 9.17) is 5.11 Å². The molecule has 3 rings (SSSR count). The molecule has 0 radical (unpaired) electrons. The van der Waals surface area contributed by atoms with Crippen LogP contribution in [0.5, 0.6) is 0 Å². The molecular formula is C16H13F2NO3S. The van der Waals surface area contributed by atoms with E-state index < -0.39 is 17.6 Å². The topological polar surface area (TPSA) is 66.4 Å². The standard InChI is InChI=1S/C16H13F2NO3S/c17-12-3-1-8(5-13(12)18)10-6-11(10)15(20)19-7-9-2-4-14(23-9)16(21)22/h1-5,10-11H,6-7H2,(H,19,20)(H,21,22). The van der Waals surface area contributed by atoms with Crippen molar-refractivity contribution in [2.75, 3.05) is 0 Å². The Morgan fingerprint density at radius 3 is 2.65 bits per heavy atom. The lowest BCUT2D eigenvalue weighted by Crippen LogP contribution is -2.24. The molecule has 23 heavy (non-hydrogen) atoms. The molecule has 0 spiro atoms. The highest BCUT2D eigenvalue weighted by molar-refractivity contribution is 7.13. The summed E-state index contributed by atoms with van der Waals surface area (Å²) in [7, 11) is 0. The van der Waals surface area contributed by atoms with Crippen LogP contribution >= 0.6 is 11.3 Å². The van der Waals surface area contributed by atoms with Gasteiger partial charge in [0.25, 0.3) is 0 Å². The summed E-state index contributed by atoms with van der Waals surface area (Å²) < 4.78 is 26.1. The van der Waals surface area contributed by atoms with E-state index in [1.807, 2.05) is 0 Å². The zero-order valence-corrected chi connectivity index (χ0v) is 12.7. The highest BCUT2D eigenvalue weighted by atomic mass is 32.1. The minimum atomic E-state index is -0.992. The van der Waals surface area contributed by atoms with Crippen molar-refractivity contribution in [2.45, 2.75) is 18.9 Å². The molecule has 2 atom stereocenters. The second kappa shape index (κ2) is 6.08. The quantitative estimate of drug-likeness (QED) is 0.881. The molecule has 7 heteroatoms. The number of carbonyl (C=O) groups excluding carboxylic acids is 1. The summed E-state index contributed by atoms with van der Waals surface area (Å²) in [6, 6.07) is 6.85. The van der Waals surface area contributed by atoms with Gasteiger partial charge in [-0.15, -0.1) is 11.3 Å². The number of carboxylic acids is 1. The van der Waals surface area contributed by atoms with Gasteiger partial charge in [-0.05, 0) is 42.2 Å². The van der Waals surface area contributed by atoms with Gasteiger partial charge in [-0.1, -0.05) is 6.07 Å². The van der Waals surface area contributed by atoms with E-state index >= 15 is 0 Å². The lowest BCUT2D eigenvalue weighted by molar-refractivity contribution is -0.122. The molecule has 2 unspecified atom stereocenters. The summed E-state index contributed by atoms with van der Waals surface area (Å²) in [4.78, 5) is 23.8. The van der Waals surface area contributed by atoms with Crippen LogP contribution in [0, 0.1) is 17.6 Å². The minimum absolute atomic E-state index is 0.0944. The molecule has 1 aromatic carbocycles. The fourth-order valence-corrected chi connectivity index (χ4v) is 3.28. The van der Waals surface area contributed by atoms with E-state index in [1.54, 1.807) is 6.07 Å². The average molecular weight is 337 g/mol. The third-order valence-electron chi connectivity index (χ3n) is 3.81. The highest BCUT2D eigenvalue weighted by Gasteiger charge is 2.44. The van der Waals surface area contributed by atoms with E-state index in [0.29, 0.717) is 12.0 Å². The molecule has 4 nitrogen and oxygen atoms in total. The maximum absolute atomic E-state index is 13.2. The van der Waals surface area contributed by atoms with E-state index in [-0.39, 0.29) is 29.2 Å². The first-order chi connectivity index (χ1) is 11.0. The van der Waals surface area contributed by atoms with Crippen molar-refractivity contribution < 1.29 is 23.5 Å². The van der Waals surface area contributed by atoms with Crippen LogP contribution in [0.2, 0.25) is 0 Å². The first kappa shape index (κ1) is 15.6. The van der Waals surface area contributed by atoms with E-state index in [0.717, 1.165) is 28.3 Å². The summed E-state index contributed by atoms with van der Waals surface area (Å²) in [5, 5.41) is 11.6. The first-order valence-electron chi connectivity index (χ1n) is 7.00. The monoisotopic (exact) mass is 337 g/mol. The Morgan fingerprint density at radius 1 is 1.22 bits per heavy atom. The zero-order valence-electron chi connectivity index (χ0n) is 11.9. The third-order valence-corrected chi connectivity index (χ3v) is 4.88. The van der Waals surface area contributed by atoms with Gasteiger partial charge in [0, 0.05) is 10.8 Å². The van der Waals surface area contributed by atoms with Crippen LogP contribution in [0.1, 0.15) is 32.5 Å². The normalized spacial score (nSPS) is 19.4. The number of benzene rings is 1. The van der Waals surface area contributed by atoms with Crippen LogP contribution in [0.4, 0.5) is 8.78 Å². The van der Waals surface area contributed by atoms with Crippen LogP contribution in [0.25, 0.3) is 0 Å². The van der Waals surface area contributed by atoms with E-state index in [2.05, 4.69) is 5.32 Å². The Balaban J connectivity index is 1.55. The maximum Gasteiger partial charge on any atom is 0.345 e. The number of thiophene rings is 1. The van der Waals surface area contributed by atoms with Crippen LogP contribution in [0.3, 0.4) is 0 Å². The number of amides is 1. The Morgan fingerprint density at radius 2 is 2.00 bits per heavy atom. The van der Waals surface area contributed by atoms with Gasteiger partial charge in [-0.25, -0.2) is 13.6 Å². The molecule has 1 aliphatic carbocycles. The molecule has 1 fully saturated rings. The summed E-state index contributed by atoms with van der Waals surface area (Å²) >= 11 is 1.11. The average Bonchev–Trinajstić information content (AvgIpc) is 3.17. The number of nitrogens with one attached hydrogen (secondary N) is 1. The van der Waals surface area contributed by atoms with Crippen molar-refractivity contribution in [1.29, 1.82) is 0 Å². The van der Waals surface area contributed by atoms with Gasteiger partial charge in [0.2, 0.25) is 5.91 Å². The van der Waals surface area contributed by atoms with Gasteiger partial charge in [-0.3, -0.25) is 4.79 Å². The minimum Gasteiger partial charge on any atom is -0.477 e. The molecule has 2 N–H and O–H groups in total. The molecule has 2 aromatic rings. The predicted octanol–water partition coefficient (Wildman–Crippen LogP) is 3.14. The van der Waals surface area contributed by atoms with Crippen molar-refractivity contribution in [2.24, 2.45) is 5.92 Å². The fraction of sp³-hybridized carbons (Fsp3) is 0.250. The van der Waals surface area contributed by atoms with Crippen LogP contribution < -0.4 is 5.32 Å². The van der Waals surface area contributed by atoms with Gasteiger partial charge in [-0.2, -0.15) is 0 Å². The Hall–Kier alpha value is -2.28. The lowest BCUT2D eigenvalue weighted by atomic mass is 10.1. The van der Waals surface area contributed by atoms with Crippen molar-refractivity contribution in [3.8, 4) is 0 Å². The predicted molar refractivity (Wildman–Crippen MR) is 80.3 cm³/mol. The van der Waals surface area contributed by atoms with Gasteiger partial charge >= 0.3 is 5.97 Å². The second-order valence-electron chi connectivity index (χ2n) is 5.41. The number of halogens is 2. The highest BCUT2D eigenvalue weighted by Crippen LogP contribution is 2.47. The van der Waals surface area contributed by atoms with Gasteiger partial charge < -0.3 is 10.4 Å². The number of rotatable bonds is 5. The summed E-state index contributed by atoms with van der Waals surface area (Å²) in [6.07, 6.45) is 0.599. The molecule has 0 aliphatic heterocycles. The maximum atomic E-state index is 13.2. The summed E-state index contributed by atoms with van der Waals surface area (Å²) in [5.41, 5.74) is 0.619. The summed E-state index contributed by atoms with van der Waals surface area (Å²) in [5.74, 6) is -3.31. The van der Waals surface area contributed by atoms with Crippen molar-refractivity contribution >= 4 is 23.2 Å². The van der Waals surface area contributed by atoms with Crippen molar-refractivity contribution in [3.05, 3.63) is 57.3 Å². The van der Waals surface area contributed by atoms with Crippen molar-refractivity contribution in [3.63, 3.8) is 0 Å². The van der Waals surface area contributed by atoms with E-state index in [9.17, 15) is 18.4 Å². The van der Waals surface area contributed by atoms with Crippen LogP contribution in [-0.4, -0.2) is 17.0 Å². The molecule has 1 aromatic heterocycles. The first-order valence-corrected chi connectivity index (χ1v) is 7.82. The molecule has 1 heterocycles. The Kier molecular flexibility index (Phi) is 4.12. The van der Waals surface area contributed by atoms with Crippen molar-refractivity contribution in [1.82, 2.24) is 5.32 Å². The molecule has 0 saturated heterocycles. The van der Waals surface area contributed by atoms with Gasteiger partial charge in [0.05, 0.1) is 6.54 Å². The van der Waals surface area contributed by atoms with E-state index in [1.165, 1.54) is 12.1 Å². The largest absolute Gasteiger partial charge is 0.477 e. The molecule has 0 bridgehead atoms. The lowest BCUT2D eigenvalue weighted by Gasteiger charge is -2.04. The number of carbonyl (C=O) groups is 2. The van der Waals surface area contributed by atoms with Gasteiger partial charge in [0.1, 0.15) is 4.88 Å². The molecule has 1 amide bonds. The third kappa shape index (κ3) is 3.39. The second-order valence-corrected chi connectivity index (χ2v) is 6.58. The zero-order chi connectivity index (χ0) is 16.6. The fourth-order valence-electron chi connectivity index (χ4n) is 2.49. The number of hydrogen-bond acceptors (Lipinski definition) is 3. The van der Waals surface area contributed by atoms with Gasteiger partial charge in [0.15, 0.2) is 11.6 Å². The molecule has 1 saturated carbocycles. The number of carboxylic acid groups (broad SMARTS) is 1. The Labute approximate surface area is 134 Å². The van der Waals surface area contributed by atoms with Crippen LogP contribution in [0.15, 0.2) is 30.3 Å². The molecular weight excluding hydrogens is 324 g/mol.